The summed E-state index contributed by atoms with van der Waals surface area (Å²) in [4.78, 5) is 12.4. The predicted octanol–water partition coefficient (Wildman–Crippen LogP) is 4.97. The van der Waals surface area contributed by atoms with E-state index in [1.807, 2.05) is 0 Å². The van der Waals surface area contributed by atoms with E-state index in [9.17, 15) is 23.2 Å². The zero-order valence-electron chi connectivity index (χ0n) is 19.7. The van der Waals surface area contributed by atoms with Gasteiger partial charge < -0.3 is 18.9 Å². The van der Waals surface area contributed by atoms with Gasteiger partial charge in [-0.1, -0.05) is 23.5 Å². The van der Waals surface area contributed by atoms with Crippen molar-refractivity contribution < 1.29 is 36.9 Å². The molecular weight excluding hydrogens is 513 g/mol. The van der Waals surface area contributed by atoms with Crippen LogP contribution in [0.1, 0.15) is 17.5 Å². The molecule has 0 aliphatic carbocycles. The van der Waals surface area contributed by atoms with Crippen LogP contribution >= 0.6 is 11.3 Å². The number of ether oxygens (including phenoxy) is 4. The summed E-state index contributed by atoms with van der Waals surface area (Å²) in [7, 11) is 1.56. The molecule has 1 amide bonds. The van der Waals surface area contributed by atoms with Crippen molar-refractivity contribution in [2.75, 3.05) is 32.2 Å². The van der Waals surface area contributed by atoms with E-state index in [0.717, 1.165) is 0 Å². The molecule has 194 valence electrons. The summed E-state index contributed by atoms with van der Waals surface area (Å²) in [5, 5.41) is 16.2. The van der Waals surface area contributed by atoms with Crippen molar-refractivity contribution in [3.8, 4) is 29.1 Å². The number of amides is 1. The molecule has 13 heteroatoms. The highest BCUT2D eigenvalue weighted by Crippen LogP contribution is 2.33. The van der Waals surface area contributed by atoms with E-state index in [-0.39, 0.29) is 35.3 Å². The summed E-state index contributed by atoms with van der Waals surface area (Å²) >= 11 is 0.154. The van der Waals surface area contributed by atoms with Gasteiger partial charge in [0.25, 0.3) is 5.91 Å². The standard InChI is InChI=1S/C24H21F3N4O5S/c1-3-34-20-12-15(7-8-19(20)36-10-9-35-18-6-4-5-17(13-18)33-2)11-16(14-28)21(32)29-23-31-30-22(37-23)24(25,26)27/h4-8,11-13H,3,9-10H2,1-2H3,(H,29,31,32). The number of carbonyl (C=O) groups is 1. The summed E-state index contributed by atoms with van der Waals surface area (Å²) in [6.45, 7) is 2.57. The van der Waals surface area contributed by atoms with E-state index < -0.39 is 17.1 Å². The van der Waals surface area contributed by atoms with Crippen LogP contribution in [0.3, 0.4) is 0 Å². The van der Waals surface area contributed by atoms with Crippen LogP contribution in [-0.2, 0) is 11.0 Å². The van der Waals surface area contributed by atoms with Gasteiger partial charge in [-0.05, 0) is 42.8 Å². The van der Waals surface area contributed by atoms with Crippen LogP contribution in [0.15, 0.2) is 48.0 Å². The summed E-state index contributed by atoms with van der Waals surface area (Å²) < 4.78 is 60.2. The van der Waals surface area contributed by atoms with Crippen LogP contribution in [0.4, 0.5) is 18.3 Å². The fraction of sp³-hybridized carbons (Fsp3) is 0.250. The molecule has 0 saturated carbocycles. The maximum absolute atomic E-state index is 12.7. The first kappa shape index (κ1) is 27.3. The number of hydrogen-bond acceptors (Lipinski definition) is 9. The van der Waals surface area contributed by atoms with Crippen LogP contribution in [-0.4, -0.2) is 43.0 Å². The fourth-order valence-electron chi connectivity index (χ4n) is 2.87. The summed E-state index contributed by atoms with van der Waals surface area (Å²) in [5.74, 6) is 1.15. The molecule has 1 aromatic heterocycles. The number of hydrogen-bond donors (Lipinski definition) is 1. The van der Waals surface area contributed by atoms with Crippen molar-refractivity contribution in [3.63, 3.8) is 0 Å². The minimum atomic E-state index is -4.69. The van der Waals surface area contributed by atoms with Crippen molar-refractivity contribution in [3.05, 3.63) is 58.6 Å². The zero-order chi connectivity index (χ0) is 26.8. The van der Waals surface area contributed by atoms with Crippen molar-refractivity contribution in [2.45, 2.75) is 13.1 Å². The van der Waals surface area contributed by atoms with Crippen LogP contribution in [0.5, 0.6) is 23.0 Å². The molecule has 0 aliphatic heterocycles. The molecule has 0 radical (unpaired) electrons. The number of anilines is 1. The Morgan fingerprint density at radius 3 is 2.51 bits per heavy atom. The molecule has 1 N–H and O–H groups in total. The van der Waals surface area contributed by atoms with Gasteiger partial charge in [0.1, 0.15) is 36.4 Å². The zero-order valence-corrected chi connectivity index (χ0v) is 20.5. The second-order valence-electron chi connectivity index (χ2n) is 7.05. The van der Waals surface area contributed by atoms with Crippen molar-refractivity contribution in [1.82, 2.24) is 10.2 Å². The first-order chi connectivity index (χ1) is 17.7. The van der Waals surface area contributed by atoms with Crippen molar-refractivity contribution in [1.29, 1.82) is 5.26 Å². The molecule has 2 aromatic carbocycles. The number of benzene rings is 2. The van der Waals surface area contributed by atoms with E-state index in [0.29, 0.717) is 35.2 Å². The normalized spacial score (nSPS) is 11.4. The Hall–Kier alpha value is -4.31. The average molecular weight is 535 g/mol. The topological polar surface area (TPSA) is 116 Å². The van der Waals surface area contributed by atoms with Gasteiger partial charge in [-0.2, -0.15) is 18.4 Å². The highest BCUT2D eigenvalue weighted by molar-refractivity contribution is 7.15. The van der Waals surface area contributed by atoms with Gasteiger partial charge >= 0.3 is 6.18 Å². The molecule has 37 heavy (non-hydrogen) atoms. The Labute approximate surface area is 214 Å². The van der Waals surface area contributed by atoms with Crippen molar-refractivity contribution in [2.24, 2.45) is 0 Å². The van der Waals surface area contributed by atoms with Crippen molar-refractivity contribution >= 4 is 28.5 Å². The summed E-state index contributed by atoms with van der Waals surface area (Å²) in [6.07, 6.45) is -3.42. The molecule has 0 spiro atoms. The van der Waals surface area contributed by atoms with Crippen LogP contribution < -0.4 is 24.3 Å². The van der Waals surface area contributed by atoms with Gasteiger partial charge in [0.15, 0.2) is 11.5 Å². The monoisotopic (exact) mass is 534 g/mol. The first-order valence-corrected chi connectivity index (χ1v) is 11.6. The predicted molar refractivity (Wildman–Crippen MR) is 129 cm³/mol. The van der Waals surface area contributed by atoms with Crippen LogP contribution in [0.2, 0.25) is 0 Å². The van der Waals surface area contributed by atoms with Crippen LogP contribution in [0.25, 0.3) is 6.08 Å². The quantitative estimate of drug-likeness (QED) is 0.208. The Morgan fingerprint density at radius 2 is 1.84 bits per heavy atom. The molecule has 3 rings (SSSR count). The Morgan fingerprint density at radius 1 is 1.08 bits per heavy atom. The highest BCUT2D eigenvalue weighted by Gasteiger charge is 2.35. The Kier molecular flexibility index (Phi) is 9.28. The number of nitriles is 1. The number of carbonyl (C=O) groups excluding carboxylic acids is 1. The molecule has 0 fully saturated rings. The molecule has 1 heterocycles. The number of alkyl halides is 3. The third kappa shape index (κ3) is 7.84. The minimum Gasteiger partial charge on any atom is -0.497 e. The fourth-order valence-corrected chi connectivity index (χ4v) is 3.48. The van der Waals surface area contributed by atoms with Gasteiger partial charge in [0, 0.05) is 6.07 Å². The van der Waals surface area contributed by atoms with Gasteiger partial charge in [-0.25, -0.2) is 0 Å². The molecule has 3 aromatic rings. The lowest BCUT2D eigenvalue weighted by atomic mass is 10.1. The molecule has 0 unspecified atom stereocenters. The lowest BCUT2D eigenvalue weighted by Crippen LogP contribution is -2.13. The molecule has 9 nitrogen and oxygen atoms in total. The SMILES string of the molecule is CCOc1cc(C=C(C#N)C(=O)Nc2nnc(C(F)(F)F)s2)ccc1OCCOc1cccc(OC)c1. The van der Waals surface area contributed by atoms with E-state index in [2.05, 4.69) is 15.5 Å². The van der Waals surface area contributed by atoms with Gasteiger partial charge in [0.2, 0.25) is 10.1 Å². The smallest absolute Gasteiger partial charge is 0.445 e. The number of methoxy groups -OCH3 is 1. The highest BCUT2D eigenvalue weighted by atomic mass is 32.1. The molecule has 0 atom stereocenters. The van der Waals surface area contributed by atoms with E-state index >= 15 is 0 Å². The van der Waals surface area contributed by atoms with Crippen LogP contribution in [0, 0.1) is 11.3 Å². The lowest BCUT2D eigenvalue weighted by molar-refractivity contribution is -0.138. The van der Waals surface area contributed by atoms with E-state index in [1.165, 1.54) is 6.08 Å². The van der Waals surface area contributed by atoms with E-state index in [4.69, 9.17) is 18.9 Å². The first-order valence-electron chi connectivity index (χ1n) is 10.7. The second kappa shape index (κ2) is 12.6. The number of aromatic nitrogens is 2. The summed E-state index contributed by atoms with van der Waals surface area (Å²) in [6, 6.07) is 13.6. The average Bonchev–Trinajstić information content (AvgIpc) is 3.35. The summed E-state index contributed by atoms with van der Waals surface area (Å²) in [5.41, 5.74) is 0.0786. The number of rotatable bonds is 11. The molecule has 0 aliphatic rings. The third-order valence-corrected chi connectivity index (χ3v) is 5.37. The Balaban J connectivity index is 1.66. The maximum Gasteiger partial charge on any atom is 0.445 e. The number of nitrogens with zero attached hydrogens (tertiary/aromatic N) is 3. The minimum absolute atomic E-state index is 0.154. The number of nitrogens with one attached hydrogen (secondary N) is 1. The molecular formula is C24H21F3N4O5S. The second-order valence-corrected chi connectivity index (χ2v) is 8.03. The van der Waals surface area contributed by atoms with Gasteiger partial charge in [-0.15, -0.1) is 10.2 Å². The Bertz CT molecular complexity index is 1300. The van der Waals surface area contributed by atoms with E-state index in [1.54, 1.807) is 62.6 Å². The maximum atomic E-state index is 12.7. The largest absolute Gasteiger partial charge is 0.497 e. The third-order valence-electron chi connectivity index (χ3n) is 4.48. The molecule has 0 bridgehead atoms. The molecule has 0 saturated heterocycles. The lowest BCUT2D eigenvalue weighted by Gasteiger charge is -2.13. The van der Waals surface area contributed by atoms with Gasteiger partial charge in [-0.3, -0.25) is 10.1 Å². The number of halogens is 3. The van der Waals surface area contributed by atoms with Gasteiger partial charge in [0.05, 0.1) is 13.7 Å².